The van der Waals surface area contributed by atoms with E-state index in [9.17, 15) is 0 Å². The number of likely N-dealkylation sites (N-methyl/N-ethyl adjacent to an activating group) is 1. The van der Waals surface area contributed by atoms with E-state index in [0.29, 0.717) is 23.9 Å². The lowest BCUT2D eigenvalue weighted by molar-refractivity contribution is 0.198. The maximum atomic E-state index is 5.21. The van der Waals surface area contributed by atoms with E-state index in [1.807, 2.05) is 0 Å². The van der Waals surface area contributed by atoms with Crippen molar-refractivity contribution in [3.05, 3.63) is 29.8 Å². The van der Waals surface area contributed by atoms with Gasteiger partial charge in [0.1, 0.15) is 5.75 Å². The van der Waals surface area contributed by atoms with Crippen LogP contribution in [-0.2, 0) is 0 Å². The van der Waals surface area contributed by atoms with E-state index in [-0.39, 0.29) is 0 Å². The average Bonchev–Trinajstić information content (AvgIpc) is 2.40. The first-order valence-electron chi connectivity index (χ1n) is 8.05. The van der Waals surface area contributed by atoms with Crippen LogP contribution in [0.5, 0.6) is 5.75 Å². The first kappa shape index (κ1) is 16.3. The number of benzene rings is 1. The summed E-state index contributed by atoms with van der Waals surface area (Å²) in [5, 5.41) is 3.74. The van der Waals surface area contributed by atoms with E-state index in [1.54, 1.807) is 7.11 Å². The van der Waals surface area contributed by atoms with E-state index in [0.717, 1.165) is 12.3 Å². The Morgan fingerprint density at radius 1 is 1.19 bits per heavy atom. The fraction of sp³-hybridized carbons (Fsp3) is 0.667. The van der Waals surface area contributed by atoms with Crippen LogP contribution in [-0.4, -0.2) is 44.7 Å². The predicted octanol–water partition coefficient (Wildman–Crippen LogP) is 3.12. The molecule has 3 nitrogen and oxygen atoms in total. The van der Waals surface area contributed by atoms with Crippen molar-refractivity contribution in [3.63, 3.8) is 0 Å². The first-order valence-corrected chi connectivity index (χ1v) is 8.05. The molecule has 0 heterocycles. The topological polar surface area (TPSA) is 24.5 Å². The molecule has 0 spiro atoms. The van der Waals surface area contributed by atoms with E-state index < -0.39 is 0 Å². The lowest BCUT2D eigenvalue weighted by Gasteiger charge is -2.38. The molecule has 0 amide bonds. The zero-order valence-electron chi connectivity index (χ0n) is 14.1. The Hall–Kier alpha value is -1.06. The van der Waals surface area contributed by atoms with Crippen molar-refractivity contribution in [1.29, 1.82) is 0 Å². The minimum Gasteiger partial charge on any atom is -0.497 e. The minimum absolute atomic E-state index is 0.616. The third-order valence-corrected chi connectivity index (χ3v) is 4.77. The Balaban J connectivity index is 1.76. The highest BCUT2D eigenvalue weighted by molar-refractivity contribution is 5.30. The molecule has 1 fully saturated rings. The van der Waals surface area contributed by atoms with Gasteiger partial charge in [-0.1, -0.05) is 26.0 Å². The summed E-state index contributed by atoms with van der Waals surface area (Å²) in [6, 6.07) is 9.84. The summed E-state index contributed by atoms with van der Waals surface area (Å²) in [5.74, 6) is 2.34. The average molecular weight is 290 g/mol. The van der Waals surface area contributed by atoms with Gasteiger partial charge in [0.2, 0.25) is 0 Å². The van der Waals surface area contributed by atoms with Crippen LogP contribution in [0.1, 0.15) is 38.2 Å². The summed E-state index contributed by atoms with van der Waals surface area (Å²) in [6.07, 6.45) is 2.51. The van der Waals surface area contributed by atoms with Gasteiger partial charge >= 0.3 is 0 Å². The lowest BCUT2D eigenvalue weighted by Crippen LogP contribution is -2.48. The summed E-state index contributed by atoms with van der Waals surface area (Å²) >= 11 is 0. The number of methoxy groups -OCH3 is 1. The summed E-state index contributed by atoms with van der Waals surface area (Å²) in [4.78, 5) is 2.33. The molecule has 0 saturated heterocycles. The smallest absolute Gasteiger partial charge is 0.118 e. The molecule has 1 N–H and O–H groups in total. The quantitative estimate of drug-likeness (QED) is 0.835. The van der Waals surface area contributed by atoms with Crippen molar-refractivity contribution in [3.8, 4) is 5.75 Å². The second-order valence-corrected chi connectivity index (χ2v) is 6.82. The van der Waals surface area contributed by atoms with E-state index in [1.165, 1.54) is 18.4 Å². The molecule has 1 atom stereocenters. The summed E-state index contributed by atoms with van der Waals surface area (Å²) < 4.78 is 5.21. The van der Waals surface area contributed by atoms with Crippen molar-refractivity contribution in [2.24, 2.45) is 5.92 Å². The van der Waals surface area contributed by atoms with E-state index in [4.69, 9.17) is 4.74 Å². The van der Waals surface area contributed by atoms with Gasteiger partial charge in [-0.2, -0.15) is 0 Å². The molecule has 118 valence electrons. The molecule has 0 aliphatic heterocycles. The lowest BCUT2D eigenvalue weighted by atomic mass is 9.76. The van der Waals surface area contributed by atoms with Gasteiger partial charge in [0.15, 0.2) is 0 Å². The Morgan fingerprint density at radius 2 is 1.81 bits per heavy atom. The standard InChI is InChI=1S/C18H30N2O/c1-13(2)18(20(3)4)12-19-16-10-15(11-16)14-6-8-17(21-5)9-7-14/h6-9,13,15-16,18-19H,10-12H2,1-5H3. The third-order valence-electron chi connectivity index (χ3n) is 4.77. The predicted molar refractivity (Wildman–Crippen MR) is 89.1 cm³/mol. The second kappa shape index (κ2) is 7.28. The zero-order valence-corrected chi connectivity index (χ0v) is 14.1. The molecule has 0 aromatic heterocycles. The monoisotopic (exact) mass is 290 g/mol. The van der Waals surface area contributed by atoms with Crippen LogP contribution < -0.4 is 10.1 Å². The van der Waals surface area contributed by atoms with Crippen LogP contribution in [0, 0.1) is 5.92 Å². The molecule has 0 radical (unpaired) electrons. The van der Waals surface area contributed by atoms with Crippen LogP contribution in [0.25, 0.3) is 0 Å². The number of rotatable bonds is 7. The molecule has 0 bridgehead atoms. The highest BCUT2D eigenvalue weighted by atomic mass is 16.5. The molecule has 1 aromatic rings. The second-order valence-electron chi connectivity index (χ2n) is 6.82. The van der Waals surface area contributed by atoms with Gasteiger partial charge in [0, 0.05) is 18.6 Å². The number of ether oxygens (including phenoxy) is 1. The van der Waals surface area contributed by atoms with Gasteiger partial charge in [-0.05, 0) is 56.5 Å². The van der Waals surface area contributed by atoms with Crippen molar-refractivity contribution in [2.45, 2.75) is 44.7 Å². The zero-order chi connectivity index (χ0) is 15.4. The Morgan fingerprint density at radius 3 is 2.29 bits per heavy atom. The number of nitrogens with one attached hydrogen (secondary N) is 1. The molecule has 1 unspecified atom stereocenters. The Kier molecular flexibility index (Phi) is 5.65. The maximum Gasteiger partial charge on any atom is 0.118 e. The van der Waals surface area contributed by atoms with Crippen LogP contribution >= 0.6 is 0 Å². The summed E-state index contributed by atoms with van der Waals surface area (Å²) in [5.41, 5.74) is 1.45. The van der Waals surface area contributed by atoms with Gasteiger partial charge in [-0.15, -0.1) is 0 Å². The molecule has 21 heavy (non-hydrogen) atoms. The van der Waals surface area contributed by atoms with Crippen molar-refractivity contribution < 1.29 is 4.74 Å². The largest absolute Gasteiger partial charge is 0.497 e. The molecule has 1 aromatic carbocycles. The SMILES string of the molecule is COc1ccc(C2CC(NCC(C(C)C)N(C)C)C2)cc1. The van der Waals surface area contributed by atoms with Gasteiger partial charge in [0.05, 0.1) is 7.11 Å². The molecule has 3 heteroatoms. The van der Waals surface area contributed by atoms with Crippen LogP contribution in [0.15, 0.2) is 24.3 Å². The first-order chi connectivity index (χ1) is 10.0. The minimum atomic E-state index is 0.616. The van der Waals surface area contributed by atoms with E-state index >= 15 is 0 Å². The van der Waals surface area contributed by atoms with Crippen molar-refractivity contribution in [2.75, 3.05) is 27.7 Å². The van der Waals surface area contributed by atoms with Crippen molar-refractivity contribution in [1.82, 2.24) is 10.2 Å². The number of hydrogen-bond donors (Lipinski definition) is 1. The highest BCUT2D eigenvalue weighted by Crippen LogP contribution is 2.37. The molecule has 1 aliphatic rings. The number of hydrogen-bond acceptors (Lipinski definition) is 3. The fourth-order valence-electron chi connectivity index (χ4n) is 3.23. The Bertz CT molecular complexity index is 413. The summed E-state index contributed by atoms with van der Waals surface area (Å²) in [6.45, 7) is 5.69. The van der Waals surface area contributed by atoms with Crippen LogP contribution in [0.3, 0.4) is 0 Å². The molecule has 2 rings (SSSR count). The van der Waals surface area contributed by atoms with Gasteiger partial charge < -0.3 is 15.0 Å². The molecule has 1 aliphatic carbocycles. The number of nitrogens with zero attached hydrogens (tertiary/aromatic N) is 1. The third kappa shape index (κ3) is 4.21. The van der Waals surface area contributed by atoms with Gasteiger partial charge in [0.25, 0.3) is 0 Å². The van der Waals surface area contributed by atoms with E-state index in [2.05, 4.69) is 62.4 Å². The Labute approximate surface area is 129 Å². The van der Waals surface area contributed by atoms with Gasteiger partial charge in [-0.3, -0.25) is 0 Å². The molecular weight excluding hydrogens is 260 g/mol. The maximum absolute atomic E-state index is 5.21. The van der Waals surface area contributed by atoms with Crippen LogP contribution in [0.2, 0.25) is 0 Å². The van der Waals surface area contributed by atoms with Gasteiger partial charge in [-0.25, -0.2) is 0 Å². The fourth-order valence-corrected chi connectivity index (χ4v) is 3.23. The van der Waals surface area contributed by atoms with Crippen LogP contribution in [0.4, 0.5) is 0 Å². The highest BCUT2D eigenvalue weighted by Gasteiger charge is 2.30. The summed E-state index contributed by atoms with van der Waals surface area (Å²) in [7, 11) is 6.06. The molecule has 1 saturated carbocycles. The molecular formula is C18H30N2O. The normalized spacial score (nSPS) is 23.2. The van der Waals surface area contributed by atoms with Crippen molar-refractivity contribution >= 4 is 0 Å².